The van der Waals surface area contributed by atoms with Crippen molar-refractivity contribution in [1.82, 2.24) is 14.7 Å². The van der Waals surface area contributed by atoms with Gasteiger partial charge in [-0.2, -0.15) is 8.42 Å². The van der Waals surface area contributed by atoms with Crippen molar-refractivity contribution >= 4 is 21.7 Å². The summed E-state index contributed by atoms with van der Waals surface area (Å²) in [6, 6.07) is 0. The largest absolute Gasteiger partial charge is 0.365 e. The third-order valence-corrected chi connectivity index (χ3v) is 3.49. The van der Waals surface area contributed by atoms with Gasteiger partial charge in [0, 0.05) is 45.3 Å². The molecule has 3 saturated heterocycles. The Morgan fingerprint density at radius 1 is 0.909 bits per heavy atom. The van der Waals surface area contributed by atoms with Gasteiger partial charge in [-0.1, -0.05) is 0 Å². The second kappa shape index (κ2) is 5.10. The molecule has 22 heavy (non-hydrogen) atoms. The van der Waals surface area contributed by atoms with Crippen LogP contribution < -0.4 is 0 Å². The lowest BCUT2D eigenvalue weighted by Crippen LogP contribution is -2.29. The summed E-state index contributed by atoms with van der Waals surface area (Å²) in [6.45, 7) is 5.41. The van der Waals surface area contributed by atoms with Gasteiger partial charge < -0.3 is 14.7 Å². The Balaban J connectivity index is 0.000000254. The van der Waals surface area contributed by atoms with Gasteiger partial charge in [0.05, 0.1) is 12.0 Å². The fraction of sp³-hybridized carbons (Fsp3) is 0.538. The molecule has 8 nitrogen and oxygen atoms in total. The molecule has 1 aliphatic carbocycles. The van der Waals surface area contributed by atoms with Crippen LogP contribution in [0.3, 0.4) is 0 Å². The Morgan fingerprint density at radius 3 is 1.73 bits per heavy atom. The van der Waals surface area contributed by atoms with E-state index in [0.29, 0.717) is 23.3 Å². The summed E-state index contributed by atoms with van der Waals surface area (Å²) in [5.74, 6) is 0.0485. The van der Waals surface area contributed by atoms with Crippen molar-refractivity contribution in [2.75, 3.05) is 45.5 Å². The topological polar surface area (TPSA) is 97.5 Å². The zero-order valence-electron chi connectivity index (χ0n) is 12.2. The molecule has 0 aromatic carbocycles. The van der Waals surface area contributed by atoms with Gasteiger partial charge in [-0.15, -0.1) is 0 Å². The fourth-order valence-electron chi connectivity index (χ4n) is 2.28. The first-order valence-electron chi connectivity index (χ1n) is 6.98. The van der Waals surface area contributed by atoms with Gasteiger partial charge in [0.2, 0.25) is 11.6 Å². The molecule has 0 amide bonds. The number of hydrogen-bond acceptors (Lipinski definition) is 7. The summed E-state index contributed by atoms with van der Waals surface area (Å²) < 4.78 is 25.9. The van der Waals surface area contributed by atoms with Crippen molar-refractivity contribution in [2.24, 2.45) is 0 Å². The maximum Gasteiger partial charge on any atom is 0.261 e. The van der Waals surface area contributed by atoms with E-state index in [1.807, 2.05) is 14.7 Å². The standard InChI is InChI=1S/C12H13N3O2.CH4O3S/c16-9-7-8(13-1-2-13)12(17)11(15-5-6-15)10(9)14-3-4-14;1-5(2,3)4/h7H,1-6H2;1H3,(H,2,3,4). The molecule has 9 heteroatoms. The van der Waals surface area contributed by atoms with E-state index >= 15 is 0 Å². The molecule has 0 aromatic rings. The smallest absolute Gasteiger partial charge is 0.261 e. The first kappa shape index (κ1) is 15.0. The lowest BCUT2D eigenvalue weighted by molar-refractivity contribution is -0.117. The molecule has 0 bridgehead atoms. The van der Waals surface area contributed by atoms with Crippen LogP contribution in [-0.4, -0.2) is 84.8 Å². The monoisotopic (exact) mass is 327 g/mol. The van der Waals surface area contributed by atoms with Gasteiger partial charge in [-0.3, -0.25) is 14.1 Å². The molecule has 0 saturated carbocycles. The number of allylic oxidation sites excluding steroid dienone is 1. The highest BCUT2D eigenvalue weighted by molar-refractivity contribution is 7.85. The van der Waals surface area contributed by atoms with Crippen molar-refractivity contribution in [1.29, 1.82) is 0 Å². The number of carbonyl (C=O) groups excluding carboxylic acids is 2. The van der Waals surface area contributed by atoms with Gasteiger partial charge in [0.15, 0.2) is 0 Å². The number of ketones is 2. The molecule has 120 valence electrons. The highest BCUT2D eigenvalue weighted by atomic mass is 32.2. The number of nitrogens with zero attached hydrogens (tertiary/aromatic N) is 3. The van der Waals surface area contributed by atoms with Crippen LogP contribution in [0, 0.1) is 0 Å². The summed E-state index contributed by atoms with van der Waals surface area (Å²) in [5, 5.41) is 0. The highest BCUT2D eigenvalue weighted by Gasteiger charge is 2.43. The molecule has 0 atom stereocenters. The Kier molecular flexibility index (Phi) is 3.48. The van der Waals surface area contributed by atoms with Crippen molar-refractivity contribution in [3.8, 4) is 0 Å². The van der Waals surface area contributed by atoms with Crippen molar-refractivity contribution in [3.05, 3.63) is 23.2 Å². The molecule has 3 heterocycles. The second-order valence-corrected chi connectivity index (χ2v) is 7.08. The third-order valence-electron chi connectivity index (χ3n) is 3.49. The van der Waals surface area contributed by atoms with Gasteiger partial charge >= 0.3 is 0 Å². The summed E-state index contributed by atoms with van der Waals surface area (Å²) in [5.41, 5.74) is 1.89. The van der Waals surface area contributed by atoms with Crippen molar-refractivity contribution in [3.63, 3.8) is 0 Å². The van der Waals surface area contributed by atoms with Crippen LogP contribution in [0.5, 0.6) is 0 Å². The maximum atomic E-state index is 12.4. The van der Waals surface area contributed by atoms with Crippen LogP contribution in [-0.2, 0) is 19.7 Å². The van der Waals surface area contributed by atoms with Gasteiger partial charge in [-0.25, -0.2) is 0 Å². The molecule has 4 rings (SSSR count). The van der Waals surface area contributed by atoms with Gasteiger partial charge in [-0.05, 0) is 0 Å². The minimum atomic E-state index is -3.67. The van der Waals surface area contributed by atoms with Crippen LogP contribution in [0.1, 0.15) is 0 Å². The SMILES string of the molecule is CS(=O)(=O)O.O=C1C=C(N2CC2)C(=O)C(N2CC2)=C1N1CC1. The van der Waals surface area contributed by atoms with Gasteiger partial charge in [0.1, 0.15) is 11.4 Å². The highest BCUT2D eigenvalue weighted by Crippen LogP contribution is 2.33. The average Bonchev–Trinajstić information content (AvgIpc) is 3.24. The van der Waals surface area contributed by atoms with E-state index in [9.17, 15) is 18.0 Å². The van der Waals surface area contributed by atoms with Crippen LogP contribution in [0.15, 0.2) is 23.2 Å². The van der Waals surface area contributed by atoms with Crippen LogP contribution in [0.4, 0.5) is 0 Å². The first-order chi connectivity index (χ1) is 10.3. The lowest BCUT2D eigenvalue weighted by Gasteiger charge is -2.21. The van der Waals surface area contributed by atoms with E-state index in [0.717, 1.165) is 39.3 Å². The Bertz CT molecular complexity index is 689. The Morgan fingerprint density at radius 2 is 1.32 bits per heavy atom. The number of hydrogen-bond donors (Lipinski definition) is 1. The van der Waals surface area contributed by atoms with E-state index < -0.39 is 10.1 Å². The minimum absolute atomic E-state index is 0.00546. The molecule has 0 unspecified atom stereocenters. The number of Topliss-reactive ketones (excluding diaryl/α,β-unsaturated/α-hetero) is 1. The van der Waals surface area contributed by atoms with Crippen LogP contribution in [0.2, 0.25) is 0 Å². The summed E-state index contributed by atoms with van der Waals surface area (Å²) >= 11 is 0. The van der Waals surface area contributed by atoms with E-state index in [4.69, 9.17) is 4.55 Å². The summed E-state index contributed by atoms with van der Waals surface area (Å²) in [7, 11) is -3.67. The van der Waals surface area contributed by atoms with Gasteiger partial charge in [0.25, 0.3) is 10.1 Å². The Labute approximate surface area is 128 Å². The van der Waals surface area contributed by atoms with Crippen molar-refractivity contribution in [2.45, 2.75) is 0 Å². The number of carbonyl (C=O) groups is 2. The van der Waals surface area contributed by atoms with E-state index in [1.165, 1.54) is 6.08 Å². The third kappa shape index (κ3) is 3.47. The molecule has 3 fully saturated rings. The van der Waals surface area contributed by atoms with E-state index in [2.05, 4.69) is 0 Å². The normalized spacial score (nSPS) is 23.2. The molecule has 0 spiro atoms. The van der Waals surface area contributed by atoms with Crippen LogP contribution >= 0.6 is 0 Å². The predicted molar refractivity (Wildman–Crippen MR) is 77.3 cm³/mol. The molecule has 1 N–H and O–H groups in total. The second-order valence-electron chi connectivity index (χ2n) is 5.61. The van der Waals surface area contributed by atoms with E-state index in [1.54, 1.807) is 0 Å². The molecular formula is C13H17N3O5S. The molecule has 4 aliphatic rings. The zero-order valence-corrected chi connectivity index (χ0v) is 13.0. The molecule has 0 aromatic heterocycles. The Hall–Kier alpha value is -1.87. The quantitative estimate of drug-likeness (QED) is 0.387. The summed E-state index contributed by atoms with van der Waals surface area (Å²) in [6.07, 6.45) is 2.24. The minimum Gasteiger partial charge on any atom is -0.365 e. The number of rotatable bonds is 3. The maximum absolute atomic E-state index is 12.4. The molecule has 0 radical (unpaired) electrons. The predicted octanol–water partition coefficient (Wildman–Crippen LogP) is -1.32. The molecular weight excluding hydrogens is 310 g/mol. The van der Waals surface area contributed by atoms with E-state index in [-0.39, 0.29) is 11.6 Å². The first-order valence-corrected chi connectivity index (χ1v) is 8.83. The average molecular weight is 327 g/mol. The fourth-order valence-corrected chi connectivity index (χ4v) is 2.28. The zero-order chi connectivity index (χ0) is 16.1. The van der Waals surface area contributed by atoms with Crippen LogP contribution in [0.25, 0.3) is 0 Å². The molecule has 3 aliphatic heterocycles. The lowest BCUT2D eigenvalue weighted by atomic mass is 10.0. The van der Waals surface area contributed by atoms with Crippen molar-refractivity contribution < 1.29 is 22.6 Å². The summed E-state index contributed by atoms with van der Waals surface area (Å²) in [4.78, 5) is 30.5.